The number of anilines is 1. The fourth-order valence-corrected chi connectivity index (χ4v) is 3.41. The zero-order valence-electron chi connectivity index (χ0n) is 19.5. The van der Waals surface area contributed by atoms with Crippen molar-refractivity contribution in [2.24, 2.45) is 0 Å². The van der Waals surface area contributed by atoms with Crippen LogP contribution in [0, 0.1) is 0 Å². The van der Waals surface area contributed by atoms with E-state index in [4.69, 9.17) is 4.74 Å². The molecule has 0 aliphatic rings. The lowest BCUT2D eigenvalue weighted by atomic mass is 10.0. The van der Waals surface area contributed by atoms with Gasteiger partial charge in [0, 0.05) is 23.2 Å². The summed E-state index contributed by atoms with van der Waals surface area (Å²) in [6.07, 6.45) is 1.04. The second-order valence-electron chi connectivity index (χ2n) is 7.97. The molecule has 2 N–H and O–H groups in total. The fourth-order valence-electron chi connectivity index (χ4n) is 3.41. The summed E-state index contributed by atoms with van der Waals surface area (Å²) in [5.41, 5.74) is 2.19. The third kappa shape index (κ3) is 7.92. The molecule has 35 heavy (non-hydrogen) atoms. The first kappa shape index (κ1) is 25.4. The summed E-state index contributed by atoms with van der Waals surface area (Å²) in [4.78, 5) is 49.3. The van der Waals surface area contributed by atoms with Crippen LogP contribution < -0.4 is 10.6 Å². The summed E-state index contributed by atoms with van der Waals surface area (Å²) in [5.74, 6) is -1.37. The zero-order valence-corrected chi connectivity index (χ0v) is 19.5. The Morgan fingerprint density at radius 3 is 2.06 bits per heavy atom. The number of Topliss-reactive ketones (excluding diaryl/α,β-unsaturated/α-hetero) is 1. The van der Waals surface area contributed by atoms with Crippen LogP contribution in [0.1, 0.15) is 58.5 Å². The van der Waals surface area contributed by atoms with Gasteiger partial charge in [0.25, 0.3) is 5.91 Å². The molecular weight excluding hydrogens is 444 g/mol. The molecule has 180 valence electrons. The molecule has 0 radical (unpaired) electrons. The second-order valence-corrected chi connectivity index (χ2v) is 7.97. The largest absolute Gasteiger partial charge is 0.457 e. The number of benzene rings is 3. The lowest BCUT2D eigenvalue weighted by molar-refractivity contribution is -0.143. The van der Waals surface area contributed by atoms with Crippen LogP contribution in [0.5, 0.6) is 0 Å². The molecule has 0 heterocycles. The summed E-state index contributed by atoms with van der Waals surface area (Å²) in [6.45, 7) is 1.50. The molecule has 7 nitrogen and oxygen atoms in total. The standard InChI is InChI=1S/C28H28N2O5/c1-2-9-26(32)29-23-16-14-21(15-17-23)25(31)19-35-27(33)18-24(20-10-5-3-6-11-20)30-28(34)22-12-7-4-8-13-22/h3-8,10-17,24H,2,9,18-19H2,1H3,(H,29,32)(H,30,34). The van der Waals surface area contributed by atoms with Gasteiger partial charge in [-0.25, -0.2) is 0 Å². The minimum absolute atomic E-state index is 0.0900. The first-order valence-electron chi connectivity index (χ1n) is 11.5. The Labute approximate surface area is 204 Å². The van der Waals surface area contributed by atoms with Crippen molar-refractivity contribution >= 4 is 29.3 Å². The molecule has 0 aromatic heterocycles. The monoisotopic (exact) mass is 472 g/mol. The molecule has 3 aromatic carbocycles. The maximum absolute atomic E-state index is 12.6. The second kappa shape index (κ2) is 12.8. The number of esters is 1. The number of rotatable bonds is 11. The van der Waals surface area contributed by atoms with Crippen molar-refractivity contribution in [2.75, 3.05) is 11.9 Å². The van der Waals surface area contributed by atoms with Crippen molar-refractivity contribution in [1.82, 2.24) is 5.32 Å². The number of hydrogen-bond acceptors (Lipinski definition) is 5. The first-order chi connectivity index (χ1) is 17.0. The highest BCUT2D eigenvalue weighted by molar-refractivity contribution is 5.99. The van der Waals surface area contributed by atoms with Crippen LogP contribution in [0.3, 0.4) is 0 Å². The Morgan fingerprint density at radius 2 is 1.43 bits per heavy atom. The van der Waals surface area contributed by atoms with Gasteiger partial charge < -0.3 is 15.4 Å². The summed E-state index contributed by atoms with van der Waals surface area (Å²) >= 11 is 0. The van der Waals surface area contributed by atoms with Crippen LogP contribution in [0.2, 0.25) is 0 Å². The van der Waals surface area contributed by atoms with Crippen molar-refractivity contribution in [2.45, 2.75) is 32.2 Å². The van der Waals surface area contributed by atoms with Gasteiger partial charge in [0.05, 0.1) is 12.5 Å². The van der Waals surface area contributed by atoms with Crippen molar-refractivity contribution in [3.05, 3.63) is 102 Å². The average molecular weight is 473 g/mol. The Morgan fingerprint density at radius 1 is 0.800 bits per heavy atom. The van der Waals surface area contributed by atoms with E-state index in [1.54, 1.807) is 48.5 Å². The van der Waals surface area contributed by atoms with Gasteiger partial charge in [-0.3, -0.25) is 19.2 Å². The molecule has 7 heteroatoms. The molecule has 0 saturated heterocycles. The third-order valence-corrected chi connectivity index (χ3v) is 5.25. The number of amides is 2. The van der Waals surface area contributed by atoms with Gasteiger partial charge in [-0.15, -0.1) is 0 Å². The van der Waals surface area contributed by atoms with E-state index in [0.29, 0.717) is 23.2 Å². The summed E-state index contributed by atoms with van der Waals surface area (Å²) in [6, 6.07) is 23.6. The van der Waals surface area contributed by atoms with Crippen molar-refractivity contribution in [1.29, 1.82) is 0 Å². The van der Waals surface area contributed by atoms with Crippen molar-refractivity contribution in [3.8, 4) is 0 Å². The maximum Gasteiger partial charge on any atom is 0.308 e. The number of ketones is 1. The summed E-state index contributed by atoms with van der Waals surface area (Å²) in [7, 11) is 0. The summed E-state index contributed by atoms with van der Waals surface area (Å²) < 4.78 is 5.21. The smallest absolute Gasteiger partial charge is 0.308 e. The molecule has 2 amide bonds. The van der Waals surface area contributed by atoms with E-state index in [1.807, 2.05) is 43.3 Å². The molecule has 0 saturated carbocycles. The van der Waals surface area contributed by atoms with Gasteiger partial charge in [-0.05, 0) is 48.4 Å². The van der Waals surface area contributed by atoms with Crippen LogP contribution in [0.25, 0.3) is 0 Å². The van der Waals surface area contributed by atoms with E-state index in [-0.39, 0.29) is 24.0 Å². The molecule has 1 unspecified atom stereocenters. The third-order valence-electron chi connectivity index (χ3n) is 5.25. The lowest BCUT2D eigenvalue weighted by Gasteiger charge is -2.18. The van der Waals surface area contributed by atoms with Crippen LogP contribution in [-0.4, -0.2) is 30.2 Å². The van der Waals surface area contributed by atoms with Gasteiger partial charge in [-0.2, -0.15) is 0 Å². The van der Waals surface area contributed by atoms with Crippen LogP contribution >= 0.6 is 0 Å². The zero-order chi connectivity index (χ0) is 25.0. The number of nitrogens with one attached hydrogen (secondary N) is 2. The maximum atomic E-state index is 12.6. The highest BCUT2D eigenvalue weighted by atomic mass is 16.5. The molecule has 0 aliphatic carbocycles. The van der Waals surface area contributed by atoms with Crippen LogP contribution in [0.15, 0.2) is 84.9 Å². The predicted octanol–water partition coefficient (Wildman–Crippen LogP) is 4.71. The number of carbonyl (C=O) groups excluding carboxylic acids is 4. The van der Waals surface area contributed by atoms with Crippen LogP contribution in [0.4, 0.5) is 5.69 Å². The van der Waals surface area contributed by atoms with Gasteiger partial charge >= 0.3 is 5.97 Å². The predicted molar refractivity (Wildman–Crippen MR) is 133 cm³/mol. The molecule has 0 bridgehead atoms. The minimum Gasteiger partial charge on any atom is -0.457 e. The SMILES string of the molecule is CCCC(=O)Nc1ccc(C(=O)COC(=O)CC(NC(=O)c2ccccc2)c2ccccc2)cc1. The van der Waals surface area contributed by atoms with Gasteiger partial charge in [-0.1, -0.05) is 55.5 Å². The Hall–Kier alpha value is -4.26. The Kier molecular flexibility index (Phi) is 9.31. The number of ether oxygens (including phenoxy) is 1. The molecule has 0 spiro atoms. The number of carbonyl (C=O) groups is 4. The van der Waals surface area contributed by atoms with Gasteiger partial charge in [0.15, 0.2) is 12.4 Å². The van der Waals surface area contributed by atoms with E-state index in [2.05, 4.69) is 10.6 Å². The van der Waals surface area contributed by atoms with Crippen molar-refractivity contribution in [3.63, 3.8) is 0 Å². The van der Waals surface area contributed by atoms with Gasteiger partial charge in [0.1, 0.15) is 0 Å². The highest BCUT2D eigenvalue weighted by Gasteiger charge is 2.21. The van der Waals surface area contributed by atoms with Crippen LogP contribution in [-0.2, 0) is 14.3 Å². The number of hydrogen-bond donors (Lipinski definition) is 2. The van der Waals surface area contributed by atoms with Gasteiger partial charge in [0.2, 0.25) is 5.91 Å². The molecule has 0 aliphatic heterocycles. The molecule has 3 rings (SSSR count). The van der Waals surface area contributed by atoms with Crippen molar-refractivity contribution < 1.29 is 23.9 Å². The van der Waals surface area contributed by atoms with E-state index in [0.717, 1.165) is 12.0 Å². The Bertz CT molecular complexity index is 1140. The molecule has 0 fully saturated rings. The topological polar surface area (TPSA) is 102 Å². The Balaban J connectivity index is 1.57. The first-order valence-corrected chi connectivity index (χ1v) is 11.5. The molecule has 3 aromatic rings. The van der Waals surface area contributed by atoms with E-state index >= 15 is 0 Å². The normalized spacial score (nSPS) is 11.2. The molecular formula is C28H28N2O5. The quantitative estimate of drug-likeness (QED) is 0.311. The minimum atomic E-state index is -0.613. The fraction of sp³-hybridized carbons (Fsp3) is 0.214. The highest BCUT2D eigenvalue weighted by Crippen LogP contribution is 2.19. The van der Waals surface area contributed by atoms with E-state index in [1.165, 1.54) is 0 Å². The molecule has 1 atom stereocenters. The average Bonchev–Trinajstić information content (AvgIpc) is 2.88. The van der Waals surface area contributed by atoms with E-state index < -0.39 is 18.6 Å². The lowest BCUT2D eigenvalue weighted by Crippen LogP contribution is -2.31. The van der Waals surface area contributed by atoms with E-state index in [9.17, 15) is 19.2 Å². The summed E-state index contributed by atoms with van der Waals surface area (Å²) in [5, 5.41) is 5.62.